The van der Waals surface area contributed by atoms with Crippen LogP contribution >= 0.6 is 11.8 Å². The Bertz CT molecular complexity index is 912. The lowest BCUT2D eigenvalue weighted by Gasteiger charge is -2.27. The van der Waals surface area contributed by atoms with Crippen molar-refractivity contribution in [1.82, 2.24) is 9.80 Å². The molecule has 2 aromatic rings. The molecule has 1 aliphatic rings. The number of nitrogens with zero attached hydrogens (tertiary/aromatic N) is 2. The van der Waals surface area contributed by atoms with Crippen LogP contribution in [0.2, 0.25) is 0 Å². The molecule has 7 heteroatoms. The number of carbonyl (C=O) groups excluding carboxylic acids is 3. The van der Waals surface area contributed by atoms with Gasteiger partial charge in [-0.05, 0) is 36.8 Å². The van der Waals surface area contributed by atoms with Crippen LogP contribution < -0.4 is 5.32 Å². The molecule has 0 saturated carbocycles. The van der Waals surface area contributed by atoms with Crippen molar-refractivity contribution >= 4 is 35.2 Å². The van der Waals surface area contributed by atoms with E-state index in [1.54, 1.807) is 31.1 Å². The van der Waals surface area contributed by atoms with E-state index < -0.39 is 5.25 Å². The lowest BCUT2D eigenvalue weighted by Crippen LogP contribution is -2.37. The molecule has 0 aliphatic carbocycles. The maximum atomic E-state index is 12.8. The molecule has 3 amide bonds. The molecule has 3 rings (SSSR count). The van der Waals surface area contributed by atoms with E-state index in [0.717, 1.165) is 16.1 Å². The molecular formula is C22H25N3O3S. The smallest absolute Gasteiger partial charge is 0.253 e. The number of fused-ring (bicyclic) bond motifs is 1. The van der Waals surface area contributed by atoms with E-state index >= 15 is 0 Å². The van der Waals surface area contributed by atoms with Crippen molar-refractivity contribution in [2.75, 3.05) is 26.0 Å². The number of benzene rings is 2. The Labute approximate surface area is 175 Å². The van der Waals surface area contributed by atoms with Gasteiger partial charge in [-0.2, -0.15) is 0 Å². The first-order valence-corrected chi connectivity index (χ1v) is 10.4. The summed E-state index contributed by atoms with van der Waals surface area (Å²) < 4.78 is 0. The number of hydrogen-bond acceptors (Lipinski definition) is 4. The van der Waals surface area contributed by atoms with Gasteiger partial charge in [0.15, 0.2) is 0 Å². The van der Waals surface area contributed by atoms with Gasteiger partial charge in [-0.1, -0.05) is 24.3 Å². The summed E-state index contributed by atoms with van der Waals surface area (Å²) >= 11 is 1.43. The zero-order valence-electron chi connectivity index (χ0n) is 16.8. The molecule has 1 heterocycles. The predicted molar refractivity (Wildman–Crippen MR) is 115 cm³/mol. The van der Waals surface area contributed by atoms with Crippen molar-refractivity contribution in [1.29, 1.82) is 0 Å². The Kier molecular flexibility index (Phi) is 6.59. The summed E-state index contributed by atoms with van der Waals surface area (Å²) in [5.41, 5.74) is 2.36. The predicted octanol–water partition coefficient (Wildman–Crippen LogP) is 3.24. The summed E-state index contributed by atoms with van der Waals surface area (Å²) in [6, 6.07) is 14.9. The van der Waals surface area contributed by atoms with Crippen molar-refractivity contribution in [3.8, 4) is 0 Å². The van der Waals surface area contributed by atoms with Crippen molar-refractivity contribution in [3.63, 3.8) is 0 Å². The number of amides is 3. The van der Waals surface area contributed by atoms with Crippen molar-refractivity contribution in [2.45, 2.75) is 30.0 Å². The van der Waals surface area contributed by atoms with E-state index in [2.05, 4.69) is 5.32 Å². The second kappa shape index (κ2) is 9.13. The highest BCUT2D eigenvalue weighted by atomic mass is 32.2. The van der Waals surface area contributed by atoms with E-state index in [1.807, 2.05) is 43.3 Å². The minimum absolute atomic E-state index is 0.0550. The molecule has 0 spiro atoms. The second-order valence-electron chi connectivity index (χ2n) is 7.10. The lowest BCUT2D eigenvalue weighted by molar-refractivity contribution is -0.133. The van der Waals surface area contributed by atoms with Crippen LogP contribution in [0.25, 0.3) is 0 Å². The van der Waals surface area contributed by atoms with Gasteiger partial charge < -0.3 is 15.1 Å². The topological polar surface area (TPSA) is 69.7 Å². The highest BCUT2D eigenvalue weighted by molar-refractivity contribution is 8.01. The van der Waals surface area contributed by atoms with Crippen LogP contribution in [0, 0.1) is 0 Å². The monoisotopic (exact) mass is 411 g/mol. The Hall–Kier alpha value is -2.80. The van der Waals surface area contributed by atoms with Crippen LogP contribution in [0.1, 0.15) is 29.3 Å². The Morgan fingerprint density at radius 2 is 1.76 bits per heavy atom. The normalized spacial score (nSPS) is 15.3. The van der Waals surface area contributed by atoms with Gasteiger partial charge in [-0.25, -0.2) is 0 Å². The van der Waals surface area contributed by atoms with Crippen LogP contribution in [0.3, 0.4) is 0 Å². The quantitative estimate of drug-likeness (QED) is 0.792. The van der Waals surface area contributed by atoms with Crippen LogP contribution in [0.5, 0.6) is 0 Å². The van der Waals surface area contributed by atoms with Gasteiger partial charge in [0.25, 0.3) is 5.91 Å². The van der Waals surface area contributed by atoms with Crippen molar-refractivity contribution in [3.05, 3.63) is 59.7 Å². The fraction of sp³-hybridized carbons (Fsp3) is 0.318. The largest absolute Gasteiger partial charge is 0.345 e. The number of thioether (sulfide) groups is 1. The number of carbonyl (C=O) groups is 3. The van der Waals surface area contributed by atoms with Gasteiger partial charge in [0, 0.05) is 44.1 Å². The number of hydrogen-bond donors (Lipinski definition) is 1. The maximum Gasteiger partial charge on any atom is 0.253 e. The fourth-order valence-electron chi connectivity index (χ4n) is 3.12. The Morgan fingerprint density at radius 3 is 2.41 bits per heavy atom. The van der Waals surface area contributed by atoms with Gasteiger partial charge in [0.2, 0.25) is 11.8 Å². The minimum atomic E-state index is -0.438. The Balaban J connectivity index is 1.63. The van der Waals surface area contributed by atoms with Crippen LogP contribution in [-0.4, -0.2) is 53.4 Å². The van der Waals surface area contributed by atoms with E-state index in [-0.39, 0.29) is 24.1 Å². The molecule has 1 atom stereocenters. The summed E-state index contributed by atoms with van der Waals surface area (Å²) in [5.74, 6) is -0.252. The van der Waals surface area contributed by atoms with Gasteiger partial charge >= 0.3 is 0 Å². The number of para-hydroxylation sites is 1. The van der Waals surface area contributed by atoms with E-state index in [4.69, 9.17) is 0 Å². The standard InChI is InChI=1S/C22H25N3O3S/c1-4-25(14-15-9-11-16(12-10-15)22(28)24(2)3)20(26)13-19-21(27)23-17-7-5-6-8-18(17)29-19/h5-12,19H,4,13-14H2,1-3H3,(H,23,27). The summed E-state index contributed by atoms with van der Waals surface area (Å²) in [6.07, 6.45) is 0.149. The molecule has 1 unspecified atom stereocenters. The molecule has 0 aromatic heterocycles. The number of nitrogens with one attached hydrogen (secondary N) is 1. The van der Waals surface area contributed by atoms with Gasteiger partial charge in [0.1, 0.15) is 0 Å². The average Bonchev–Trinajstić information content (AvgIpc) is 2.72. The van der Waals surface area contributed by atoms with Crippen LogP contribution in [0.4, 0.5) is 5.69 Å². The molecule has 0 bridgehead atoms. The summed E-state index contributed by atoms with van der Waals surface area (Å²) in [4.78, 5) is 41.5. The molecule has 0 radical (unpaired) electrons. The minimum Gasteiger partial charge on any atom is -0.345 e. The zero-order chi connectivity index (χ0) is 21.0. The molecule has 0 saturated heterocycles. The molecule has 2 aromatic carbocycles. The first kappa shape index (κ1) is 20.9. The molecule has 0 fully saturated rings. The first-order chi connectivity index (χ1) is 13.9. The third kappa shape index (κ3) is 4.98. The highest BCUT2D eigenvalue weighted by Crippen LogP contribution is 2.36. The molecule has 1 N–H and O–H groups in total. The van der Waals surface area contributed by atoms with E-state index in [1.165, 1.54) is 16.7 Å². The molecular weight excluding hydrogens is 386 g/mol. The first-order valence-electron chi connectivity index (χ1n) is 9.54. The van der Waals surface area contributed by atoms with E-state index in [0.29, 0.717) is 18.7 Å². The third-order valence-electron chi connectivity index (χ3n) is 4.78. The van der Waals surface area contributed by atoms with E-state index in [9.17, 15) is 14.4 Å². The highest BCUT2D eigenvalue weighted by Gasteiger charge is 2.30. The van der Waals surface area contributed by atoms with Gasteiger partial charge in [-0.15, -0.1) is 11.8 Å². The summed E-state index contributed by atoms with van der Waals surface area (Å²) in [6.45, 7) is 2.92. The van der Waals surface area contributed by atoms with Crippen molar-refractivity contribution < 1.29 is 14.4 Å². The Morgan fingerprint density at radius 1 is 1.07 bits per heavy atom. The summed E-state index contributed by atoms with van der Waals surface area (Å²) in [7, 11) is 3.43. The molecule has 29 heavy (non-hydrogen) atoms. The third-order valence-corrected chi connectivity index (χ3v) is 6.06. The van der Waals surface area contributed by atoms with Gasteiger partial charge in [-0.3, -0.25) is 14.4 Å². The van der Waals surface area contributed by atoms with Crippen molar-refractivity contribution in [2.24, 2.45) is 0 Å². The fourth-order valence-corrected chi connectivity index (χ4v) is 4.22. The molecule has 1 aliphatic heterocycles. The molecule has 6 nitrogen and oxygen atoms in total. The van der Waals surface area contributed by atoms with Gasteiger partial charge in [0.05, 0.1) is 10.9 Å². The van der Waals surface area contributed by atoms with Crippen LogP contribution in [0.15, 0.2) is 53.4 Å². The maximum absolute atomic E-state index is 12.8. The SMILES string of the molecule is CCN(Cc1ccc(C(=O)N(C)C)cc1)C(=O)CC1Sc2ccccc2NC1=O. The number of rotatable bonds is 6. The average molecular weight is 412 g/mol. The lowest BCUT2D eigenvalue weighted by atomic mass is 10.1. The second-order valence-corrected chi connectivity index (χ2v) is 8.35. The molecule has 152 valence electrons. The zero-order valence-corrected chi connectivity index (χ0v) is 17.7. The number of anilines is 1. The summed E-state index contributed by atoms with van der Waals surface area (Å²) in [5, 5.41) is 2.44. The van der Waals surface area contributed by atoms with Crippen LogP contribution in [-0.2, 0) is 16.1 Å².